The quantitative estimate of drug-likeness (QED) is 0.0305. The molecular formula is C99H98F4N14O8. The van der Waals surface area contributed by atoms with Crippen LogP contribution in [0.2, 0.25) is 0 Å². The molecule has 1 fully saturated rings. The van der Waals surface area contributed by atoms with E-state index in [0.29, 0.717) is 46.2 Å². The number of carboxylic acid groups (broad SMARTS) is 4. The Morgan fingerprint density at radius 3 is 1.09 bits per heavy atom. The Hall–Kier alpha value is -14.2. The van der Waals surface area contributed by atoms with Crippen LogP contribution in [0.15, 0.2) is 231 Å². The summed E-state index contributed by atoms with van der Waals surface area (Å²) in [5, 5.41) is 62.9. The molecule has 0 atom stereocenters. The van der Waals surface area contributed by atoms with E-state index in [9.17, 15) is 57.2 Å². The summed E-state index contributed by atoms with van der Waals surface area (Å²) in [5.41, 5.74) is 28.3. The summed E-state index contributed by atoms with van der Waals surface area (Å²) < 4.78 is 60.9. The largest absolute Gasteiger partial charge is 0.478 e. The zero-order chi connectivity index (χ0) is 89.1. The second-order valence-electron chi connectivity index (χ2n) is 30.3. The number of carboxylic acids is 4. The van der Waals surface area contributed by atoms with Crippen molar-refractivity contribution in [3.05, 3.63) is 293 Å². The Balaban J connectivity index is 0.000000146. The number of carbonyl (C=O) groups is 4. The van der Waals surface area contributed by atoms with Crippen LogP contribution in [0, 0.1) is 23.3 Å². The molecule has 17 rings (SSSR count). The second-order valence-corrected chi connectivity index (χ2v) is 30.3. The van der Waals surface area contributed by atoms with Crippen molar-refractivity contribution in [1.29, 1.82) is 0 Å². The van der Waals surface area contributed by atoms with E-state index in [1.54, 1.807) is 56.3 Å². The molecule has 0 radical (unpaired) electrons. The number of aromatic nitrogens is 11. The third-order valence-electron chi connectivity index (χ3n) is 21.4. The molecule has 0 amide bonds. The minimum atomic E-state index is -1.64. The molecule has 22 nitrogen and oxygen atoms in total. The van der Waals surface area contributed by atoms with Crippen molar-refractivity contribution in [2.75, 3.05) is 13.1 Å². The smallest absolute Gasteiger partial charge is 0.338 e. The number of rotatable bonds is 20. The number of nitrogens with two attached hydrogens (primary N) is 2. The Morgan fingerprint density at radius 1 is 0.352 bits per heavy atom. The summed E-state index contributed by atoms with van der Waals surface area (Å²) in [6.07, 6.45) is 13.7. The summed E-state index contributed by atoms with van der Waals surface area (Å²) in [6, 6.07) is 69.0. The molecule has 125 heavy (non-hydrogen) atoms. The van der Waals surface area contributed by atoms with Gasteiger partial charge in [0.15, 0.2) is 23.3 Å². The highest BCUT2D eigenvalue weighted by molar-refractivity contribution is 6.06. The van der Waals surface area contributed by atoms with Crippen molar-refractivity contribution in [1.82, 2.24) is 59.4 Å². The van der Waals surface area contributed by atoms with Gasteiger partial charge in [0, 0.05) is 47.8 Å². The highest BCUT2D eigenvalue weighted by Gasteiger charge is 2.30. The number of nitrogens with zero attached hydrogens (tertiary/aromatic N) is 12. The Morgan fingerprint density at radius 2 is 0.696 bits per heavy atom. The third-order valence-corrected chi connectivity index (χ3v) is 21.4. The van der Waals surface area contributed by atoms with Gasteiger partial charge in [0.1, 0.15) is 33.1 Å². The molecule has 0 aliphatic carbocycles. The molecule has 640 valence electrons. The molecular weight excluding hydrogens is 1590 g/mol. The summed E-state index contributed by atoms with van der Waals surface area (Å²) in [7, 11) is 6.60. The van der Waals surface area contributed by atoms with Crippen molar-refractivity contribution < 1.29 is 57.2 Å². The van der Waals surface area contributed by atoms with E-state index in [1.165, 1.54) is 123 Å². The third kappa shape index (κ3) is 21.3. The molecule has 1 aliphatic rings. The lowest BCUT2D eigenvalue weighted by Crippen LogP contribution is -2.29. The van der Waals surface area contributed by atoms with Gasteiger partial charge < -0.3 is 36.5 Å². The number of benzene rings is 12. The highest BCUT2D eigenvalue weighted by Crippen LogP contribution is 2.40. The second kappa shape index (κ2) is 41.6. The fourth-order valence-corrected chi connectivity index (χ4v) is 15.1. The number of likely N-dealkylation sites (tertiary alicyclic amines) is 1. The van der Waals surface area contributed by atoms with Crippen LogP contribution in [0.3, 0.4) is 0 Å². The number of hydrogen-bond acceptors (Lipinski definition) is 14. The Kier molecular flexibility index (Phi) is 29.9. The molecule has 0 bridgehead atoms. The topological polar surface area (TPSA) is 314 Å². The first-order valence-electron chi connectivity index (χ1n) is 41.4. The number of aromatic carboxylic acids is 4. The predicted octanol–water partition coefficient (Wildman–Crippen LogP) is 21.5. The molecule has 16 aromatic rings. The summed E-state index contributed by atoms with van der Waals surface area (Å²) in [5.74, 6) is -10.8. The molecule has 8 N–H and O–H groups in total. The molecule has 26 heteroatoms. The number of piperidine rings is 1. The molecule has 5 heterocycles. The van der Waals surface area contributed by atoms with E-state index in [4.69, 9.17) is 11.5 Å². The van der Waals surface area contributed by atoms with Gasteiger partial charge in [0.25, 0.3) is 0 Å². The zero-order valence-electron chi connectivity index (χ0n) is 70.8. The summed E-state index contributed by atoms with van der Waals surface area (Å²) in [4.78, 5) is 57.3. The maximum atomic E-state index is 14.8. The van der Waals surface area contributed by atoms with Crippen LogP contribution in [0.25, 0.3) is 133 Å². The average molecular weight is 1690 g/mol. The first-order chi connectivity index (χ1) is 60.3. The molecule has 0 saturated carbocycles. The highest BCUT2D eigenvalue weighted by atomic mass is 19.2. The maximum Gasteiger partial charge on any atom is 0.338 e. The lowest BCUT2D eigenvalue weighted by Gasteiger charge is -2.26. The number of aryl methyl sites for hydroxylation is 4. The van der Waals surface area contributed by atoms with E-state index >= 15 is 0 Å². The molecule has 0 spiro atoms. The maximum absolute atomic E-state index is 14.8. The van der Waals surface area contributed by atoms with E-state index in [2.05, 4.69) is 111 Å². The summed E-state index contributed by atoms with van der Waals surface area (Å²) in [6.45, 7) is 13.2. The fourth-order valence-electron chi connectivity index (χ4n) is 15.1. The van der Waals surface area contributed by atoms with Gasteiger partial charge in [-0.15, -0.1) is 0 Å². The first kappa shape index (κ1) is 90.0. The fraction of sp³-hybridized carbons (Fsp3) is 0.222. The lowest BCUT2D eigenvalue weighted by molar-refractivity contribution is 0.0688. The monoisotopic (exact) mass is 1690 g/mol. The van der Waals surface area contributed by atoms with Crippen LogP contribution in [-0.4, -0.2) is 117 Å². The predicted molar refractivity (Wildman–Crippen MR) is 483 cm³/mol. The lowest BCUT2D eigenvalue weighted by atomic mass is 9.96. The van der Waals surface area contributed by atoms with Crippen LogP contribution in [0.4, 0.5) is 17.6 Å². The van der Waals surface area contributed by atoms with Crippen LogP contribution in [0.1, 0.15) is 144 Å². The van der Waals surface area contributed by atoms with Crippen molar-refractivity contribution >= 4 is 68.0 Å². The molecule has 4 aromatic heterocycles. The molecule has 1 aliphatic heterocycles. The summed E-state index contributed by atoms with van der Waals surface area (Å²) >= 11 is 0. The Bertz CT molecular complexity index is 6390. The number of unbranched alkanes of at least 4 members (excludes halogenated alkanes) is 4. The number of imidazole rings is 1. The van der Waals surface area contributed by atoms with E-state index in [0.717, 1.165) is 95.8 Å². The van der Waals surface area contributed by atoms with Gasteiger partial charge in [-0.25, -0.2) is 41.7 Å². The van der Waals surface area contributed by atoms with Crippen molar-refractivity contribution in [2.45, 2.75) is 105 Å². The standard InChI is InChI=1S/C26H26N4O2.C22H19N3O2.C21H18N4O2.C20H11F4N3O2.2C5H12/c1-29-27-24-16-22(15-23(26(31)32)25(24)28-29)20-10-8-19(9-11-20)21-7-5-6-18(14-21)17-30-12-3-2-4-13-30;1-25-13-24-20-11-17(10-19(21(20)25)22(26)27)14-6-8-15(9-7-14)18-5-3-2-4-16(18)12-23;1-25-23-19-11-16(10-18(21(26)27)20(19)24-25)13-6-8-14(9-7-13)17-5-3-2-4-15(17)12-22;1-27-25-12-8-10(7-11(20(28)29)19(12)26-27)14-17(23)15(21)13(16(22)18(14)24)9-5-3-2-4-6-9;2*1-3-5-4-2/h5-11,14-16H,2-4,12-13,17H2,1H3,(H,31,32);2-11,13H,12,23H2,1H3,(H,26,27);2-11H,12,22H2,1H3,(H,26,27);2-8H,1H3,(H,28,29);2*3-5H2,1-2H3. The van der Waals surface area contributed by atoms with Gasteiger partial charge in [-0.2, -0.15) is 45.0 Å². The molecule has 1 saturated heterocycles. The Labute approximate surface area is 720 Å². The minimum Gasteiger partial charge on any atom is -0.478 e. The normalized spacial score (nSPS) is 11.8. The number of halogens is 4. The van der Waals surface area contributed by atoms with Crippen molar-refractivity contribution in [3.63, 3.8) is 0 Å². The van der Waals surface area contributed by atoms with Gasteiger partial charge in [0.2, 0.25) is 0 Å². The van der Waals surface area contributed by atoms with Crippen molar-refractivity contribution in [2.24, 2.45) is 39.7 Å². The SMILES string of the molecule is CCCCC.CCCCC.Cn1cnc2cc(-c3ccc(-c4ccccc4CN)cc3)cc(C(=O)O)c21.Cn1nc2cc(-c3c(F)c(F)c(-c4ccccc4)c(F)c3F)cc(C(=O)O)c2n1.Cn1nc2cc(-c3ccc(-c4cccc(CN5CCCCC5)c4)cc3)cc(C(=O)O)c2n1.Cn1nc2cc(-c3ccc(-c4ccccc4CN)cc3)cc(C(=O)O)c2n1. The van der Waals surface area contributed by atoms with Gasteiger partial charge in [-0.1, -0.05) is 242 Å². The van der Waals surface area contributed by atoms with Gasteiger partial charge >= 0.3 is 23.9 Å². The van der Waals surface area contributed by atoms with Crippen LogP contribution in [-0.2, 0) is 47.8 Å². The molecule has 0 unspecified atom stereocenters. The van der Waals surface area contributed by atoms with Crippen LogP contribution in [0.5, 0.6) is 0 Å². The van der Waals surface area contributed by atoms with Crippen molar-refractivity contribution in [3.8, 4) is 89.0 Å². The average Bonchev–Trinajstić information content (AvgIpc) is 1.66. The van der Waals surface area contributed by atoms with Gasteiger partial charge in [-0.05, 0) is 175 Å². The van der Waals surface area contributed by atoms with E-state index in [1.807, 2.05) is 121 Å². The number of hydrogen-bond donors (Lipinski definition) is 6. The van der Waals surface area contributed by atoms with E-state index in [-0.39, 0.29) is 38.9 Å². The number of fused-ring (bicyclic) bond motifs is 4. The molecule has 12 aromatic carbocycles. The first-order valence-corrected chi connectivity index (χ1v) is 41.4. The minimum absolute atomic E-state index is 0.00847. The van der Waals surface area contributed by atoms with E-state index < -0.39 is 63.8 Å². The van der Waals surface area contributed by atoms with Crippen LogP contribution < -0.4 is 11.5 Å². The van der Waals surface area contributed by atoms with Gasteiger partial charge in [0.05, 0.1) is 50.7 Å². The van der Waals surface area contributed by atoms with Gasteiger partial charge in [-0.3, -0.25) is 4.90 Å². The zero-order valence-corrected chi connectivity index (χ0v) is 70.8. The van der Waals surface area contributed by atoms with Crippen LogP contribution >= 0.6 is 0 Å².